The van der Waals surface area contributed by atoms with E-state index in [-0.39, 0.29) is 11.5 Å². The van der Waals surface area contributed by atoms with Gasteiger partial charge in [-0.15, -0.1) is 0 Å². The SMILES string of the molecule is CCN1CCN(c2nc3ccc(C)cn3c(=O)c2C=C2SC(=S)N(C)C2=O)CC1. The van der Waals surface area contributed by atoms with E-state index in [1.54, 1.807) is 23.7 Å². The van der Waals surface area contributed by atoms with Crippen LogP contribution in [0.4, 0.5) is 5.82 Å². The van der Waals surface area contributed by atoms with Crippen molar-refractivity contribution in [3.05, 3.63) is 44.7 Å². The van der Waals surface area contributed by atoms with Crippen molar-refractivity contribution in [2.24, 2.45) is 0 Å². The molecule has 152 valence electrons. The van der Waals surface area contributed by atoms with Crippen molar-refractivity contribution in [2.45, 2.75) is 13.8 Å². The zero-order valence-electron chi connectivity index (χ0n) is 16.7. The van der Waals surface area contributed by atoms with Gasteiger partial charge in [0.1, 0.15) is 15.8 Å². The van der Waals surface area contributed by atoms with Crippen LogP contribution in [0.3, 0.4) is 0 Å². The fourth-order valence-corrected chi connectivity index (χ4v) is 4.73. The van der Waals surface area contributed by atoms with Gasteiger partial charge in [0.05, 0.1) is 10.5 Å². The van der Waals surface area contributed by atoms with Crippen LogP contribution in [0.1, 0.15) is 18.1 Å². The van der Waals surface area contributed by atoms with Crippen LogP contribution in [0.15, 0.2) is 28.0 Å². The molecular formula is C20H23N5O2S2. The van der Waals surface area contributed by atoms with Crippen molar-refractivity contribution in [1.82, 2.24) is 19.2 Å². The number of fused-ring (bicyclic) bond motifs is 1. The molecule has 4 rings (SSSR count). The Bertz CT molecular complexity index is 1090. The molecule has 0 N–H and O–H groups in total. The normalized spacial score (nSPS) is 19.8. The number of nitrogens with zero attached hydrogens (tertiary/aromatic N) is 5. The molecule has 2 aliphatic heterocycles. The van der Waals surface area contributed by atoms with E-state index in [9.17, 15) is 9.59 Å². The smallest absolute Gasteiger partial charge is 0.267 e. The average Bonchev–Trinajstić information content (AvgIpc) is 2.97. The second-order valence-electron chi connectivity index (χ2n) is 7.25. The number of thiocarbonyl (C=S) groups is 1. The number of hydrogen-bond donors (Lipinski definition) is 0. The van der Waals surface area contributed by atoms with Gasteiger partial charge in [-0.2, -0.15) is 0 Å². The van der Waals surface area contributed by atoms with Gasteiger partial charge >= 0.3 is 0 Å². The van der Waals surface area contributed by atoms with Crippen LogP contribution in [-0.2, 0) is 4.79 Å². The standard InChI is InChI=1S/C20H23N5O2S2/c1-4-23-7-9-24(10-8-23)17-14(11-15-19(27)22(3)20(28)29-15)18(26)25-12-13(2)5-6-16(25)21-17/h5-6,11-12H,4,7-10H2,1-3H3. The van der Waals surface area contributed by atoms with Crippen molar-refractivity contribution < 1.29 is 4.79 Å². The van der Waals surface area contributed by atoms with Gasteiger partial charge in [-0.1, -0.05) is 37.0 Å². The number of likely N-dealkylation sites (N-methyl/N-ethyl adjacent to an activating group) is 2. The van der Waals surface area contributed by atoms with Gasteiger partial charge in [0, 0.05) is 39.4 Å². The Morgan fingerprint density at radius 3 is 2.55 bits per heavy atom. The summed E-state index contributed by atoms with van der Waals surface area (Å²) in [6.07, 6.45) is 3.44. The highest BCUT2D eigenvalue weighted by Crippen LogP contribution is 2.32. The van der Waals surface area contributed by atoms with Crippen LogP contribution in [0.2, 0.25) is 0 Å². The number of amides is 1. The lowest BCUT2D eigenvalue weighted by molar-refractivity contribution is -0.121. The third-order valence-corrected chi connectivity index (χ3v) is 6.85. The summed E-state index contributed by atoms with van der Waals surface area (Å²) >= 11 is 6.46. The molecule has 0 saturated carbocycles. The van der Waals surface area contributed by atoms with E-state index in [4.69, 9.17) is 17.2 Å². The summed E-state index contributed by atoms with van der Waals surface area (Å²) in [5.41, 5.74) is 1.84. The van der Waals surface area contributed by atoms with E-state index in [1.807, 2.05) is 19.1 Å². The highest BCUT2D eigenvalue weighted by atomic mass is 32.2. The summed E-state index contributed by atoms with van der Waals surface area (Å²) in [5.74, 6) is 0.450. The minimum Gasteiger partial charge on any atom is -0.353 e. The molecule has 7 nitrogen and oxygen atoms in total. The zero-order chi connectivity index (χ0) is 20.7. The fraction of sp³-hybridized carbons (Fsp3) is 0.400. The topological polar surface area (TPSA) is 61.2 Å². The molecule has 2 aromatic heterocycles. The van der Waals surface area contributed by atoms with E-state index >= 15 is 0 Å². The number of aryl methyl sites for hydroxylation is 1. The van der Waals surface area contributed by atoms with Crippen LogP contribution in [-0.4, -0.2) is 69.2 Å². The molecule has 0 radical (unpaired) electrons. The molecule has 2 aromatic rings. The number of hydrogen-bond acceptors (Lipinski definition) is 7. The van der Waals surface area contributed by atoms with Gasteiger partial charge in [-0.25, -0.2) is 4.98 Å². The van der Waals surface area contributed by atoms with Crippen molar-refractivity contribution in [3.8, 4) is 0 Å². The first-order valence-electron chi connectivity index (χ1n) is 9.61. The molecule has 2 aliphatic rings. The number of rotatable bonds is 3. The molecule has 0 unspecified atom stereocenters. The Morgan fingerprint density at radius 1 is 1.21 bits per heavy atom. The molecule has 0 aliphatic carbocycles. The summed E-state index contributed by atoms with van der Waals surface area (Å²) in [4.78, 5) is 37.1. The number of carbonyl (C=O) groups excluding carboxylic acids is 1. The minimum atomic E-state index is -0.185. The van der Waals surface area contributed by atoms with E-state index in [0.717, 1.165) is 38.3 Å². The van der Waals surface area contributed by atoms with Gasteiger partial charge in [0.2, 0.25) is 0 Å². The molecule has 1 amide bonds. The lowest BCUT2D eigenvalue weighted by Crippen LogP contribution is -2.47. The molecule has 0 atom stereocenters. The van der Waals surface area contributed by atoms with Crippen LogP contribution in [0.25, 0.3) is 11.7 Å². The highest BCUT2D eigenvalue weighted by Gasteiger charge is 2.30. The minimum absolute atomic E-state index is 0.173. The highest BCUT2D eigenvalue weighted by molar-refractivity contribution is 8.26. The second kappa shape index (κ2) is 7.89. The largest absolute Gasteiger partial charge is 0.353 e. The predicted molar refractivity (Wildman–Crippen MR) is 121 cm³/mol. The molecule has 2 fully saturated rings. The number of aromatic nitrogens is 2. The average molecular weight is 430 g/mol. The maximum absolute atomic E-state index is 13.4. The van der Waals surface area contributed by atoms with E-state index in [2.05, 4.69) is 16.7 Å². The Labute approximate surface area is 179 Å². The Hall–Kier alpha value is -2.23. The number of pyridine rings is 1. The first-order valence-corrected chi connectivity index (χ1v) is 10.8. The Kier molecular flexibility index (Phi) is 5.46. The molecule has 0 bridgehead atoms. The summed E-state index contributed by atoms with van der Waals surface area (Å²) < 4.78 is 2.05. The summed E-state index contributed by atoms with van der Waals surface area (Å²) in [6.45, 7) is 8.51. The lowest BCUT2D eigenvalue weighted by Gasteiger charge is -2.35. The van der Waals surface area contributed by atoms with Crippen molar-refractivity contribution >= 4 is 51.7 Å². The quantitative estimate of drug-likeness (QED) is 0.546. The molecule has 0 spiro atoms. The monoisotopic (exact) mass is 429 g/mol. The molecule has 0 aromatic carbocycles. The third kappa shape index (κ3) is 3.70. The van der Waals surface area contributed by atoms with Crippen LogP contribution < -0.4 is 10.5 Å². The first kappa shape index (κ1) is 20.1. The Balaban J connectivity index is 1.86. The Morgan fingerprint density at radius 2 is 1.93 bits per heavy atom. The molecule has 29 heavy (non-hydrogen) atoms. The van der Waals surface area contributed by atoms with Crippen molar-refractivity contribution in [2.75, 3.05) is 44.7 Å². The number of anilines is 1. The molecule has 2 saturated heterocycles. The van der Waals surface area contributed by atoms with Crippen LogP contribution in [0.5, 0.6) is 0 Å². The van der Waals surface area contributed by atoms with Gasteiger partial charge in [0.25, 0.3) is 11.5 Å². The van der Waals surface area contributed by atoms with Crippen LogP contribution >= 0.6 is 24.0 Å². The summed E-state index contributed by atoms with van der Waals surface area (Å²) in [6, 6.07) is 3.81. The van der Waals surface area contributed by atoms with E-state index < -0.39 is 0 Å². The van der Waals surface area contributed by atoms with Crippen LogP contribution in [0, 0.1) is 6.92 Å². The van der Waals surface area contributed by atoms with E-state index in [0.29, 0.717) is 26.3 Å². The number of carbonyl (C=O) groups is 1. The number of piperazine rings is 1. The lowest BCUT2D eigenvalue weighted by atomic mass is 10.2. The summed E-state index contributed by atoms with van der Waals surface area (Å²) in [7, 11) is 1.65. The summed E-state index contributed by atoms with van der Waals surface area (Å²) in [5, 5.41) is 0. The van der Waals surface area contributed by atoms with Crippen molar-refractivity contribution in [3.63, 3.8) is 0 Å². The maximum Gasteiger partial charge on any atom is 0.267 e. The van der Waals surface area contributed by atoms with Gasteiger partial charge in [0.15, 0.2) is 0 Å². The molecular weight excluding hydrogens is 406 g/mol. The van der Waals surface area contributed by atoms with Gasteiger partial charge in [-0.05, 0) is 31.2 Å². The predicted octanol–water partition coefficient (Wildman–Crippen LogP) is 1.98. The van der Waals surface area contributed by atoms with Gasteiger partial charge < -0.3 is 9.80 Å². The maximum atomic E-state index is 13.4. The number of thioether (sulfide) groups is 1. The van der Waals surface area contributed by atoms with E-state index in [1.165, 1.54) is 16.7 Å². The fourth-order valence-electron chi connectivity index (χ4n) is 3.57. The van der Waals surface area contributed by atoms with Crippen molar-refractivity contribution in [1.29, 1.82) is 0 Å². The van der Waals surface area contributed by atoms with Gasteiger partial charge in [-0.3, -0.25) is 18.9 Å². The first-order chi connectivity index (χ1) is 13.9. The molecule has 9 heteroatoms. The zero-order valence-corrected chi connectivity index (χ0v) is 18.3. The third-order valence-electron chi connectivity index (χ3n) is 5.37. The molecule has 4 heterocycles. The second-order valence-corrected chi connectivity index (χ2v) is 8.93.